The van der Waals surface area contributed by atoms with Crippen molar-refractivity contribution in [3.8, 4) is 0 Å². The van der Waals surface area contributed by atoms with Crippen LogP contribution in [0.5, 0.6) is 0 Å². The van der Waals surface area contributed by atoms with Crippen LogP contribution < -0.4 is 5.43 Å². The average Bonchev–Trinajstić information content (AvgIpc) is 2.16. The van der Waals surface area contributed by atoms with Gasteiger partial charge in [-0.1, -0.05) is 36.4 Å². The van der Waals surface area contributed by atoms with Crippen LogP contribution in [0.15, 0.2) is 41.0 Å². The third kappa shape index (κ3) is 3.56. The SMILES string of the molecule is CNN=C/C(C)=C/c1ccccc1. The molecule has 13 heavy (non-hydrogen) atoms. The quantitative estimate of drug-likeness (QED) is 0.552. The molecule has 2 heteroatoms. The van der Waals surface area contributed by atoms with E-state index in [2.05, 4.69) is 28.7 Å². The molecule has 2 nitrogen and oxygen atoms in total. The van der Waals surface area contributed by atoms with E-state index in [1.165, 1.54) is 5.56 Å². The van der Waals surface area contributed by atoms with Crippen LogP contribution in [0.1, 0.15) is 12.5 Å². The molecule has 1 N–H and O–H groups in total. The first-order valence-corrected chi connectivity index (χ1v) is 4.26. The molecule has 0 aliphatic heterocycles. The van der Waals surface area contributed by atoms with Crippen LogP contribution in [0.3, 0.4) is 0 Å². The zero-order chi connectivity index (χ0) is 9.52. The van der Waals surface area contributed by atoms with Crippen molar-refractivity contribution in [3.05, 3.63) is 41.5 Å². The van der Waals surface area contributed by atoms with Gasteiger partial charge >= 0.3 is 0 Å². The molecule has 0 fully saturated rings. The molecule has 0 aromatic heterocycles. The van der Waals surface area contributed by atoms with E-state index in [4.69, 9.17) is 0 Å². The van der Waals surface area contributed by atoms with Gasteiger partial charge in [0, 0.05) is 13.3 Å². The highest BCUT2D eigenvalue weighted by molar-refractivity contribution is 5.84. The smallest absolute Gasteiger partial charge is 0.0497 e. The van der Waals surface area contributed by atoms with Crippen molar-refractivity contribution in [3.63, 3.8) is 0 Å². The lowest BCUT2D eigenvalue weighted by Gasteiger charge is -1.93. The summed E-state index contributed by atoms with van der Waals surface area (Å²) in [4.78, 5) is 0. The highest BCUT2D eigenvalue weighted by atomic mass is 15.3. The van der Waals surface area contributed by atoms with Gasteiger partial charge in [0.05, 0.1) is 0 Å². The zero-order valence-corrected chi connectivity index (χ0v) is 7.99. The minimum atomic E-state index is 1.13. The first-order chi connectivity index (χ1) is 6.33. The first-order valence-electron chi connectivity index (χ1n) is 4.26. The maximum atomic E-state index is 3.92. The van der Waals surface area contributed by atoms with Crippen LogP contribution in [0.2, 0.25) is 0 Å². The summed E-state index contributed by atoms with van der Waals surface area (Å²) in [5.74, 6) is 0. The fourth-order valence-electron chi connectivity index (χ4n) is 1.02. The van der Waals surface area contributed by atoms with Crippen LogP contribution in [-0.4, -0.2) is 13.3 Å². The van der Waals surface area contributed by atoms with Crippen molar-refractivity contribution >= 4 is 12.3 Å². The van der Waals surface area contributed by atoms with Crippen LogP contribution in [0.25, 0.3) is 6.08 Å². The molecule has 0 atom stereocenters. The van der Waals surface area contributed by atoms with Crippen molar-refractivity contribution < 1.29 is 0 Å². The molecular formula is C11H14N2. The molecule has 1 rings (SSSR count). The van der Waals surface area contributed by atoms with Crippen molar-refractivity contribution in [1.29, 1.82) is 0 Å². The topological polar surface area (TPSA) is 24.4 Å². The number of allylic oxidation sites excluding steroid dienone is 1. The fraction of sp³-hybridized carbons (Fsp3) is 0.182. The highest BCUT2D eigenvalue weighted by Crippen LogP contribution is 2.03. The minimum absolute atomic E-state index is 1.13. The van der Waals surface area contributed by atoms with E-state index < -0.39 is 0 Å². The normalized spacial score (nSPS) is 12.0. The molecule has 0 aliphatic carbocycles. The van der Waals surface area contributed by atoms with E-state index in [1.54, 1.807) is 13.3 Å². The summed E-state index contributed by atoms with van der Waals surface area (Å²) in [6, 6.07) is 10.2. The van der Waals surface area contributed by atoms with Gasteiger partial charge in [0.2, 0.25) is 0 Å². The second-order valence-corrected chi connectivity index (χ2v) is 2.78. The lowest BCUT2D eigenvalue weighted by molar-refractivity contribution is 0.907. The summed E-state index contributed by atoms with van der Waals surface area (Å²) in [6.45, 7) is 2.02. The van der Waals surface area contributed by atoms with Gasteiger partial charge in [0.15, 0.2) is 0 Å². The van der Waals surface area contributed by atoms with Gasteiger partial charge in [-0.25, -0.2) is 0 Å². The van der Waals surface area contributed by atoms with Gasteiger partial charge < -0.3 is 5.43 Å². The molecule has 0 heterocycles. The Morgan fingerprint density at radius 2 is 2.00 bits per heavy atom. The molecule has 0 saturated heterocycles. The maximum absolute atomic E-state index is 3.92. The van der Waals surface area contributed by atoms with Gasteiger partial charge in [0.1, 0.15) is 0 Å². The zero-order valence-electron chi connectivity index (χ0n) is 7.99. The monoisotopic (exact) mass is 174 g/mol. The van der Waals surface area contributed by atoms with Gasteiger partial charge in [-0.15, -0.1) is 0 Å². The Bertz CT molecular complexity index is 299. The minimum Gasteiger partial charge on any atom is -0.313 e. The number of nitrogens with zero attached hydrogens (tertiary/aromatic N) is 1. The summed E-state index contributed by atoms with van der Waals surface area (Å²) in [5.41, 5.74) is 5.04. The van der Waals surface area contributed by atoms with Crippen molar-refractivity contribution in [2.45, 2.75) is 6.92 Å². The number of hydrazone groups is 1. The van der Waals surface area contributed by atoms with Crippen molar-refractivity contribution in [1.82, 2.24) is 5.43 Å². The largest absolute Gasteiger partial charge is 0.313 e. The highest BCUT2D eigenvalue weighted by Gasteiger charge is 1.85. The van der Waals surface area contributed by atoms with Crippen LogP contribution >= 0.6 is 0 Å². The maximum Gasteiger partial charge on any atom is 0.0497 e. The Labute approximate surface area is 79.0 Å². The molecule has 1 aromatic rings. The lowest BCUT2D eigenvalue weighted by Crippen LogP contribution is -1.94. The first kappa shape index (κ1) is 9.52. The van der Waals surface area contributed by atoms with Crippen molar-refractivity contribution in [2.75, 3.05) is 7.05 Å². The second kappa shape index (κ2) is 5.14. The van der Waals surface area contributed by atoms with E-state index in [-0.39, 0.29) is 0 Å². The second-order valence-electron chi connectivity index (χ2n) is 2.78. The van der Waals surface area contributed by atoms with Crippen LogP contribution in [0.4, 0.5) is 0 Å². The molecule has 0 saturated carbocycles. The molecular weight excluding hydrogens is 160 g/mol. The predicted molar refractivity (Wildman–Crippen MR) is 57.6 cm³/mol. The number of hydrogen-bond acceptors (Lipinski definition) is 2. The molecule has 0 aliphatic rings. The molecule has 0 radical (unpaired) electrons. The summed E-state index contributed by atoms with van der Waals surface area (Å²) >= 11 is 0. The number of benzene rings is 1. The lowest BCUT2D eigenvalue weighted by atomic mass is 10.1. The Morgan fingerprint density at radius 3 is 2.62 bits per heavy atom. The van der Waals surface area contributed by atoms with Crippen LogP contribution in [0, 0.1) is 0 Å². The fourth-order valence-corrected chi connectivity index (χ4v) is 1.02. The Morgan fingerprint density at radius 1 is 1.31 bits per heavy atom. The summed E-state index contributed by atoms with van der Waals surface area (Å²) in [7, 11) is 1.78. The van der Waals surface area contributed by atoms with Gasteiger partial charge in [-0.2, -0.15) is 5.10 Å². The molecule has 0 bridgehead atoms. The average molecular weight is 174 g/mol. The summed E-state index contributed by atoms with van der Waals surface area (Å²) in [6.07, 6.45) is 3.88. The van der Waals surface area contributed by atoms with E-state index in [0.29, 0.717) is 0 Å². The summed E-state index contributed by atoms with van der Waals surface area (Å²) in [5, 5.41) is 3.92. The molecule has 68 valence electrons. The van der Waals surface area contributed by atoms with Crippen LogP contribution in [-0.2, 0) is 0 Å². The third-order valence-corrected chi connectivity index (χ3v) is 1.59. The predicted octanol–water partition coefficient (Wildman–Crippen LogP) is 2.30. The van der Waals surface area contributed by atoms with Gasteiger partial charge in [-0.3, -0.25) is 0 Å². The standard InChI is InChI=1S/C11H14N2/c1-10(9-13-12-2)8-11-6-4-3-5-7-11/h3-9,12H,1-2H3/b10-8+,13-9?. The molecule has 0 unspecified atom stereocenters. The Balaban J connectivity index is 2.71. The number of rotatable bonds is 3. The van der Waals surface area contributed by atoms with E-state index in [9.17, 15) is 0 Å². The Kier molecular flexibility index (Phi) is 3.76. The number of nitrogens with one attached hydrogen (secondary N) is 1. The third-order valence-electron chi connectivity index (χ3n) is 1.59. The molecule has 0 spiro atoms. The van der Waals surface area contributed by atoms with Crippen molar-refractivity contribution in [2.24, 2.45) is 5.10 Å². The molecule has 1 aromatic carbocycles. The molecule has 0 amide bonds. The Hall–Kier alpha value is -1.57. The summed E-state index contributed by atoms with van der Waals surface area (Å²) < 4.78 is 0. The van der Waals surface area contributed by atoms with E-state index >= 15 is 0 Å². The van der Waals surface area contributed by atoms with Gasteiger partial charge in [-0.05, 0) is 18.1 Å². The number of hydrogen-bond donors (Lipinski definition) is 1. The van der Waals surface area contributed by atoms with E-state index in [1.807, 2.05) is 25.1 Å². The van der Waals surface area contributed by atoms with Gasteiger partial charge in [0.25, 0.3) is 0 Å². The van der Waals surface area contributed by atoms with E-state index in [0.717, 1.165) is 5.57 Å².